The summed E-state index contributed by atoms with van der Waals surface area (Å²) in [4.78, 5) is 0. The van der Waals surface area contributed by atoms with Gasteiger partial charge in [0.25, 0.3) is 0 Å². The molecule has 4 heteroatoms. The van der Waals surface area contributed by atoms with Crippen molar-refractivity contribution in [2.24, 2.45) is 0 Å². The zero-order valence-corrected chi connectivity index (χ0v) is 14.3. The maximum absolute atomic E-state index is 10.9. The smallest absolute Gasteiger partial charge is 0.146 e. The zero-order chi connectivity index (χ0) is 17.1. The molecule has 0 amide bonds. The molecule has 25 heavy (non-hydrogen) atoms. The van der Waals surface area contributed by atoms with Crippen molar-refractivity contribution in [3.63, 3.8) is 0 Å². The number of aromatic hydroxyl groups is 2. The van der Waals surface area contributed by atoms with Crippen molar-refractivity contribution in [1.29, 1.82) is 0 Å². The second-order valence-corrected chi connectivity index (χ2v) is 7.38. The van der Waals surface area contributed by atoms with Gasteiger partial charge < -0.3 is 14.9 Å². The van der Waals surface area contributed by atoms with Gasteiger partial charge in [0.15, 0.2) is 0 Å². The van der Waals surface area contributed by atoms with Crippen molar-refractivity contribution < 1.29 is 14.9 Å². The van der Waals surface area contributed by atoms with Crippen LogP contribution >= 0.6 is 11.6 Å². The Morgan fingerprint density at radius 2 is 1.56 bits per heavy atom. The monoisotopic (exact) mass is 352 g/mol. The molecule has 2 bridgehead atoms. The van der Waals surface area contributed by atoms with Crippen molar-refractivity contribution in [3.8, 4) is 23.0 Å². The summed E-state index contributed by atoms with van der Waals surface area (Å²) in [7, 11) is 0. The maximum Gasteiger partial charge on any atom is 0.146 e. The summed E-state index contributed by atoms with van der Waals surface area (Å²) in [5.74, 6) is 2.50. The number of para-hydroxylation sites is 1. The Bertz CT molecular complexity index is 1010. The Morgan fingerprint density at radius 3 is 2.28 bits per heavy atom. The lowest BCUT2D eigenvalue weighted by Gasteiger charge is -2.20. The minimum atomic E-state index is 0.291. The highest BCUT2D eigenvalue weighted by atomic mass is 35.5. The fourth-order valence-electron chi connectivity index (χ4n) is 4.52. The second-order valence-electron chi connectivity index (χ2n) is 6.97. The van der Waals surface area contributed by atoms with E-state index in [1.165, 1.54) is 0 Å². The molecule has 2 N–H and O–H groups in total. The molecule has 2 atom stereocenters. The van der Waals surface area contributed by atoms with Gasteiger partial charge in [0.2, 0.25) is 0 Å². The molecule has 0 heterocycles. The minimum absolute atomic E-state index is 0.291. The van der Waals surface area contributed by atoms with Crippen LogP contribution in [0.3, 0.4) is 0 Å². The van der Waals surface area contributed by atoms with Crippen molar-refractivity contribution in [2.75, 3.05) is 0 Å². The number of fused-ring (bicyclic) bond motifs is 6. The van der Waals surface area contributed by atoms with E-state index in [2.05, 4.69) is 0 Å². The van der Waals surface area contributed by atoms with Crippen LogP contribution in [0, 0.1) is 0 Å². The third-order valence-corrected chi connectivity index (χ3v) is 5.93. The number of halogens is 1. The van der Waals surface area contributed by atoms with Crippen LogP contribution in [0.15, 0.2) is 42.5 Å². The van der Waals surface area contributed by atoms with Gasteiger partial charge in [-0.05, 0) is 61.4 Å². The second kappa shape index (κ2) is 5.30. The van der Waals surface area contributed by atoms with Crippen LogP contribution in [0.5, 0.6) is 23.0 Å². The van der Waals surface area contributed by atoms with E-state index in [4.69, 9.17) is 16.3 Å². The predicted molar refractivity (Wildman–Crippen MR) is 98.1 cm³/mol. The molecule has 3 aromatic carbocycles. The summed E-state index contributed by atoms with van der Waals surface area (Å²) < 4.78 is 5.87. The molecule has 2 unspecified atom stereocenters. The molecule has 0 spiro atoms. The van der Waals surface area contributed by atoms with E-state index in [9.17, 15) is 10.2 Å². The molecular weight excluding hydrogens is 336 g/mol. The van der Waals surface area contributed by atoms with Crippen molar-refractivity contribution in [3.05, 3.63) is 58.6 Å². The molecule has 2 aliphatic carbocycles. The van der Waals surface area contributed by atoms with Gasteiger partial charge >= 0.3 is 0 Å². The number of benzene rings is 3. The average Bonchev–Trinajstić information content (AvgIpc) is 3.23. The van der Waals surface area contributed by atoms with Crippen LogP contribution in [-0.2, 0) is 0 Å². The average molecular weight is 353 g/mol. The normalized spacial score (nSPS) is 20.8. The molecule has 3 nitrogen and oxygen atoms in total. The minimum Gasteiger partial charge on any atom is -0.507 e. The summed E-state index contributed by atoms with van der Waals surface area (Å²) in [5.41, 5.74) is 1.90. The first kappa shape index (κ1) is 14.9. The molecule has 3 aromatic rings. The Morgan fingerprint density at radius 1 is 0.880 bits per heavy atom. The fraction of sp³-hybridized carbons (Fsp3) is 0.238. The lowest BCUT2D eigenvalue weighted by Crippen LogP contribution is -2.00. The van der Waals surface area contributed by atoms with Crippen molar-refractivity contribution in [2.45, 2.75) is 31.1 Å². The first-order chi connectivity index (χ1) is 12.1. The molecule has 0 radical (unpaired) electrons. The lowest BCUT2D eigenvalue weighted by molar-refractivity contribution is 0.450. The van der Waals surface area contributed by atoms with Crippen LogP contribution in [-0.4, -0.2) is 10.2 Å². The highest BCUT2D eigenvalue weighted by molar-refractivity contribution is 6.32. The highest BCUT2D eigenvalue weighted by Crippen LogP contribution is 2.60. The van der Waals surface area contributed by atoms with Crippen LogP contribution < -0.4 is 4.74 Å². The van der Waals surface area contributed by atoms with Gasteiger partial charge in [-0.25, -0.2) is 0 Å². The summed E-state index contributed by atoms with van der Waals surface area (Å²) in [6.45, 7) is 0. The molecule has 1 fully saturated rings. The quantitative estimate of drug-likeness (QED) is 0.551. The van der Waals surface area contributed by atoms with Gasteiger partial charge in [-0.2, -0.15) is 0 Å². The third kappa shape index (κ3) is 2.12. The summed E-state index contributed by atoms with van der Waals surface area (Å²) in [5, 5.41) is 23.5. The molecule has 0 saturated heterocycles. The van der Waals surface area contributed by atoms with Crippen LogP contribution in [0.25, 0.3) is 10.8 Å². The van der Waals surface area contributed by atoms with E-state index in [0.717, 1.165) is 30.4 Å². The molecule has 1 saturated carbocycles. The third-order valence-electron chi connectivity index (χ3n) is 5.62. The number of phenols is 2. The van der Waals surface area contributed by atoms with Crippen molar-refractivity contribution >= 4 is 22.4 Å². The van der Waals surface area contributed by atoms with Gasteiger partial charge in [0, 0.05) is 21.9 Å². The van der Waals surface area contributed by atoms with Crippen LogP contribution in [0.4, 0.5) is 0 Å². The maximum atomic E-state index is 10.9. The Labute approximate surface area is 150 Å². The molecule has 5 rings (SSSR count). The molecule has 0 aliphatic heterocycles. The molecule has 0 aromatic heterocycles. The summed E-state index contributed by atoms with van der Waals surface area (Å²) in [6, 6.07) is 12.6. The zero-order valence-electron chi connectivity index (χ0n) is 13.5. The van der Waals surface area contributed by atoms with Crippen LogP contribution in [0.2, 0.25) is 5.02 Å². The summed E-state index contributed by atoms with van der Waals surface area (Å²) >= 11 is 6.15. The van der Waals surface area contributed by atoms with Gasteiger partial charge in [0.1, 0.15) is 23.0 Å². The van der Waals surface area contributed by atoms with E-state index >= 15 is 0 Å². The number of rotatable bonds is 2. The first-order valence-corrected chi connectivity index (χ1v) is 8.95. The Balaban J connectivity index is 1.66. The van der Waals surface area contributed by atoms with Gasteiger partial charge in [-0.1, -0.05) is 23.7 Å². The lowest BCUT2D eigenvalue weighted by atomic mass is 9.87. The van der Waals surface area contributed by atoms with E-state index in [0.29, 0.717) is 50.6 Å². The van der Waals surface area contributed by atoms with Gasteiger partial charge in [-0.15, -0.1) is 0 Å². The van der Waals surface area contributed by atoms with E-state index in [-0.39, 0.29) is 0 Å². The number of hydrogen-bond donors (Lipinski definition) is 2. The van der Waals surface area contributed by atoms with Gasteiger partial charge in [-0.3, -0.25) is 0 Å². The van der Waals surface area contributed by atoms with E-state index < -0.39 is 0 Å². The predicted octanol–water partition coefficient (Wildman–Crippen LogP) is 6.06. The van der Waals surface area contributed by atoms with Crippen molar-refractivity contribution in [1.82, 2.24) is 0 Å². The molecule has 126 valence electrons. The molecular formula is C21H17ClO3. The number of ether oxygens (including phenoxy) is 1. The SMILES string of the molecule is Oc1c2c(c(O)c3cc(Oc4ccccc4Cl)ccc13)C1CCC2C1. The van der Waals surface area contributed by atoms with Crippen LogP contribution in [0.1, 0.15) is 42.2 Å². The first-order valence-electron chi connectivity index (χ1n) is 8.57. The Hall–Kier alpha value is -2.39. The number of phenolic OH excluding ortho intramolecular Hbond substituents is 2. The van der Waals surface area contributed by atoms with Gasteiger partial charge in [0.05, 0.1) is 5.02 Å². The topological polar surface area (TPSA) is 49.7 Å². The standard InChI is InChI=1S/C21H17ClO3/c22-16-3-1-2-4-17(16)25-13-7-8-14-15(10-13)21(24)19-12-6-5-11(9-12)18(19)20(14)23/h1-4,7-8,10-12,23-24H,5-6,9H2. The van der Waals surface area contributed by atoms with E-state index in [1.54, 1.807) is 24.3 Å². The highest BCUT2D eigenvalue weighted by Gasteiger charge is 2.41. The Kier molecular flexibility index (Phi) is 3.16. The largest absolute Gasteiger partial charge is 0.507 e. The summed E-state index contributed by atoms with van der Waals surface area (Å²) in [6.07, 6.45) is 3.23. The fourth-order valence-corrected chi connectivity index (χ4v) is 4.70. The number of hydrogen-bond acceptors (Lipinski definition) is 3. The molecule has 2 aliphatic rings. The van der Waals surface area contributed by atoms with E-state index in [1.807, 2.05) is 18.2 Å².